The van der Waals surface area contributed by atoms with E-state index in [1.165, 1.54) is 12.8 Å². The zero-order valence-electron chi connectivity index (χ0n) is 11.4. The molecule has 0 aromatic carbocycles. The van der Waals surface area contributed by atoms with E-state index in [4.69, 9.17) is 0 Å². The van der Waals surface area contributed by atoms with Gasteiger partial charge in [-0.1, -0.05) is 0 Å². The molecule has 2 fully saturated rings. The number of hydrogen-bond donors (Lipinski definition) is 0. The molecule has 2 heterocycles. The molecule has 2 aliphatic heterocycles. The maximum atomic E-state index is 12.0. The molecule has 102 valence electrons. The van der Waals surface area contributed by atoms with Crippen LogP contribution in [-0.2, 0) is 9.59 Å². The van der Waals surface area contributed by atoms with Gasteiger partial charge in [-0.2, -0.15) is 0 Å². The molecular weight excluding hydrogens is 228 g/mol. The molecule has 0 aliphatic carbocycles. The van der Waals surface area contributed by atoms with Gasteiger partial charge in [0.25, 0.3) is 0 Å². The summed E-state index contributed by atoms with van der Waals surface area (Å²) < 4.78 is 0. The highest BCUT2D eigenvalue weighted by molar-refractivity contribution is 5.79. The van der Waals surface area contributed by atoms with E-state index in [1.807, 2.05) is 4.90 Å². The number of rotatable bonds is 4. The van der Waals surface area contributed by atoms with Crippen LogP contribution in [0, 0.1) is 5.92 Å². The molecule has 0 saturated carbocycles. The second-order valence-corrected chi connectivity index (χ2v) is 5.56. The van der Waals surface area contributed by atoms with Crippen molar-refractivity contribution in [2.24, 2.45) is 5.92 Å². The van der Waals surface area contributed by atoms with E-state index >= 15 is 0 Å². The monoisotopic (exact) mass is 252 g/mol. The fraction of sp³-hybridized carbons (Fsp3) is 0.857. The van der Waals surface area contributed by atoms with E-state index in [9.17, 15) is 9.59 Å². The van der Waals surface area contributed by atoms with Crippen molar-refractivity contribution < 1.29 is 9.59 Å². The minimum absolute atomic E-state index is 0.188. The molecule has 2 saturated heterocycles. The zero-order valence-corrected chi connectivity index (χ0v) is 11.4. The second kappa shape index (κ2) is 6.32. The minimum Gasteiger partial charge on any atom is -0.343 e. The Balaban J connectivity index is 1.68. The summed E-state index contributed by atoms with van der Waals surface area (Å²) in [6, 6.07) is 0. The summed E-state index contributed by atoms with van der Waals surface area (Å²) in [5.41, 5.74) is 0. The van der Waals surface area contributed by atoms with Gasteiger partial charge in [-0.05, 0) is 45.7 Å². The lowest BCUT2D eigenvalue weighted by Gasteiger charge is -2.31. The van der Waals surface area contributed by atoms with Gasteiger partial charge in [0, 0.05) is 32.0 Å². The third-order valence-corrected chi connectivity index (χ3v) is 4.26. The number of likely N-dealkylation sites (tertiary alicyclic amines) is 2. The van der Waals surface area contributed by atoms with Gasteiger partial charge >= 0.3 is 0 Å². The molecule has 0 unspecified atom stereocenters. The minimum atomic E-state index is 0.188. The largest absolute Gasteiger partial charge is 0.343 e. The van der Waals surface area contributed by atoms with Gasteiger partial charge in [0.2, 0.25) is 5.91 Å². The third kappa shape index (κ3) is 3.55. The molecule has 0 spiro atoms. The summed E-state index contributed by atoms with van der Waals surface area (Å²) in [6.07, 6.45) is 4.90. The van der Waals surface area contributed by atoms with Gasteiger partial charge in [-0.25, -0.2) is 0 Å². The second-order valence-electron chi connectivity index (χ2n) is 5.56. The van der Waals surface area contributed by atoms with E-state index in [2.05, 4.69) is 4.90 Å². The number of ketones is 1. The first-order valence-electron chi connectivity index (χ1n) is 7.17. The van der Waals surface area contributed by atoms with Gasteiger partial charge in [0.15, 0.2) is 0 Å². The smallest absolute Gasteiger partial charge is 0.223 e. The summed E-state index contributed by atoms with van der Waals surface area (Å²) in [7, 11) is 0. The summed E-state index contributed by atoms with van der Waals surface area (Å²) in [6.45, 7) is 6.41. The fourth-order valence-electron chi connectivity index (χ4n) is 2.95. The number of nitrogens with zero attached hydrogens (tertiary/aromatic N) is 2. The van der Waals surface area contributed by atoms with Gasteiger partial charge < -0.3 is 9.80 Å². The van der Waals surface area contributed by atoms with Crippen LogP contribution in [0.2, 0.25) is 0 Å². The summed E-state index contributed by atoms with van der Waals surface area (Å²) in [5.74, 6) is 0.732. The van der Waals surface area contributed by atoms with Crippen LogP contribution in [0.5, 0.6) is 0 Å². The lowest BCUT2D eigenvalue weighted by molar-refractivity contribution is -0.134. The molecule has 0 atom stereocenters. The van der Waals surface area contributed by atoms with Crippen LogP contribution in [0.3, 0.4) is 0 Å². The molecule has 2 aliphatic rings. The highest BCUT2D eigenvalue weighted by atomic mass is 16.2. The Labute approximate surface area is 109 Å². The zero-order chi connectivity index (χ0) is 13.0. The fourth-order valence-corrected chi connectivity index (χ4v) is 2.95. The van der Waals surface area contributed by atoms with Crippen LogP contribution in [-0.4, -0.2) is 54.2 Å². The average Bonchev–Trinajstić information content (AvgIpc) is 2.89. The molecule has 0 aromatic rings. The van der Waals surface area contributed by atoms with Crippen LogP contribution in [0.1, 0.15) is 39.0 Å². The Morgan fingerprint density at radius 2 is 1.67 bits per heavy atom. The Morgan fingerprint density at radius 1 is 1.06 bits per heavy atom. The molecule has 4 heteroatoms. The molecule has 18 heavy (non-hydrogen) atoms. The predicted molar refractivity (Wildman–Crippen MR) is 70.3 cm³/mol. The third-order valence-electron chi connectivity index (χ3n) is 4.26. The van der Waals surface area contributed by atoms with Crippen molar-refractivity contribution in [1.82, 2.24) is 9.80 Å². The number of amides is 1. The van der Waals surface area contributed by atoms with Gasteiger partial charge in [0.1, 0.15) is 5.78 Å². The molecular formula is C14H24N2O2. The standard InChI is InChI=1S/C14H24N2O2/c1-12(17)13-4-10-16(11-5-13)14(18)6-9-15-7-2-3-8-15/h13H,2-11H2,1H3. The molecule has 0 bridgehead atoms. The highest BCUT2D eigenvalue weighted by Gasteiger charge is 2.25. The molecule has 4 nitrogen and oxygen atoms in total. The van der Waals surface area contributed by atoms with Gasteiger partial charge in [-0.3, -0.25) is 9.59 Å². The molecule has 0 radical (unpaired) electrons. The maximum Gasteiger partial charge on any atom is 0.223 e. The summed E-state index contributed by atoms with van der Waals surface area (Å²) in [5, 5.41) is 0. The van der Waals surface area contributed by atoms with Gasteiger partial charge in [-0.15, -0.1) is 0 Å². The van der Waals surface area contributed by atoms with Crippen molar-refractivity contribution in [3.8, 4) is 0 Å². The Morgan fingerprint density at radius 3 is 2.22 bits per heavy atom. The predicted octanol–water partition coefficient (Wildman–Crippen LogP) is 1.30. The number of carbonyl (C=O) groups excluding carboxylic acids is 2. The number of hydrogen-bond acceptors (Lipinski definition) is 3. The van der Waals surface area contributed by atoms with Crippen LogP contribution in [0.25, 0.3) is 0 Å². The number of piperidine rings is 1. The van der Waals surface area contributed by atoms with Crippen molar-refractivity contribution >= 4 is 11.7 Å². The van der Waals surface area contributed by atoms with E-state index in [0.717, 1.165) is 45.6 Å². The van der Waals surface area contributed by atoms with Crippen molar-refractivity contribution in [2.45, 2.75) is 39.0 Å². The Kier molecular flexibility index (Phi) is 4.75. The maximum absolute atomic E-state index is 12.0. The molecule has 0 aromatic heterocycles. The molecule has 2 rings (SSSR count). The molecule has 1 amide bonds. The lowest BCUT2D eigenvalue weighted by atomic mass is 9.93. The topological polar surface area (TPSA) is 40.6 Å². The quantitative estimate of drug-likeness (QED) is 0.757. The highest BCUT2D eigenvalue weighted by Crippen LogP contribution is 2.18. The Hall–Kier alpha value is -0.900. The van der Waals surface area contributed by atoms with E-state index in [0.29, 0.717) is 6.42 Å². The van der Waals surface area contributed by atoms with Crippen molar-refractivity contribution in [2.75, 3.05) is 32.7 Å². The normalized spacial score (nSPS) is 22.4. The van der Waals surface area contributed by atoms with Crippen LogP contribution < -0.4 is 0 Å². The van der Waals surface area contributed by atoms with E-state index in [1.54, 1.807) is 6.92 Å². The van der Waals surface area contributed by atoms with Crippen LogP contribution in [0.15, 0.2) is 0 Å². The van der Waals surface area contributed by atoms with Gasteiger partial charge in [0.05, 0.1) is 0 Å². The number of carbonyl (C=O) groups is 2. The first kappa shape index (κ1) is 13.5. The number of Topliss-reactive ketones (excluding diaryl/α,β-unsaturated/α-hetero) is 1. The first-order valence-corrected chi connectivity index (χ1v) is 7.17. The van der Waals surface area contributed by atoms with Crippen LogP contribution >= 0.6 is 0 Å². The van der Waals surface area contributed by atoms with E-state index < -0.39 is 0 Å². The SMILES string of the molecule is CC(=O)C1CCN(C(=O)CCN2CCCC2)CC1. The average molecular weight is 252 g/mol. The summed E-state index contributed by atoms with van der Waals surface area (Å²) >= 11 is 0. The lowest BCUT2D eigenvalue weighted by Crippen LogP contribution is -2.41. The van der Waals surface area contributed by atoms with Crippen molar-refractivity contribution in [3.63, 3.8) is 0 Å². The van der Waals surface area contributed by atoms with E-state index in [-0.39, 0.29) is 17.6 Å². The van der Waals surface area contributed by atoms with Crippen molar-refractivity contribution in [3.05, 3.63) is 0 Å². The summed E-state index contributed by atoms with van der Waals surface area (Å²) in [4.78, 5) is 27.6. The van der Waals surface area contributed by atoms with Crippen LogP contribution in [0.4, 0.5) is 0 Å². The first-order chi connectivity index (χ1) is 8.66. The van der Waals surface area contributed by atoms with Crippen molar-refractivity contribution in [1.29, 1.82) is 0 Å². The Bertz CT molecular complexity index is 303. The molecule has 0 N–H and O–H groups in total.